The Morgan fingerprint density at radius 3 is 2.67 bits per heavy atom. The van der Waals surface area contributed by atoms with Crippen LogP contribution in [0, 0.1) is 0 Å². The maximum Gasteiger partial charge on any atom is 0.282 e. The first kappa shape index (κ1) is 19.1. The number of para-hydroxylation sites is 1. The van der Waals surface area contributed by atoms with Gasteiger partial charge in [0.25, 0.3) is 5.56 Å². The molecule has 27 heavy (non-hydrogen) atoms. The molecule has 0 fully saturated rings. The monoisotopic (exact) mass is 429 g/mol. The molecule has 6 nitrogen and oxygen atoms in total. The Morgan fingerprint density at radius 2 is 2.00 bits per heavy atom. The van der Waals surface area contributed by atoms with Crippen LogP contribution in [0.5, 0.6) is 11.5 Å². The number of nitrogens with zero attached hydrogens (tertiary/aromatic N) is 3. The van der Waals surface area contributed by atoms with Crippen molar-refractivity contribution in [1.29, 1.82) is 0 Å². The van der Waals surface area contributed by atoms with Crippen molar-refractivity contribution >= 4 is 33.0 Å². The molecule has 7 heteroatoms. The summed E-state index contributed by atoms with van der Waals surface area (Å²) >= 11 is 3.39. The Labute approximate surface area is 165 Å². The Kier molecular flexibility index (Phi) is 5.06. The van der Waals surface area contributed by atoms with Gasteiger partial charge < -0.3 is 9.84 Å². The number of phenolic OH excluding ortho intramolecular Hbond substituents is 1. The highest BCUT2D eigenvalue weighted by atomic mass is 79.9. The average Bonchev–Trinajstić information content (AvgIpc) is 2.61. The normalized spacial score (nSPS) is 12.0. The van der Waals surface area contributed by atoms with E-state index < -0.39 is 5.41 Å². The van der Waals surface area contributed by atoms with E-state index in [9.17, 15) is 9.90 Å². The summed E-state index contributed by atoms with van der Waals surface area (Å²) in [6, 6.07) is 10.5. The highest BCUT2D eigenvalue weighted by Crippen LogP contribution is 2.28. The van der Waals surface area contributed by atoms with Crippen LogP contribution in [0.4, 0.5) is 0 Å². The van der Waals surface area contributed by atoms with Gasteiger partial charge in [-0.3, -0.25) is 4.79 Å². The summed E-state index contributed by atoms with van der Waals surface area (Å²) in [5.41, 5.74) is 0.373. The first-order chi connectivity index (χ1) is 12.7. The number of aromatic nitrogens is 2. The van der Waals surface area contributed by atoms with Crippen molar-refractivity contribution < 1.29 is 9.84 Å². The van der Waals surface area contributed by atoms with Crippen molar-refractivity contribution in [2.45, 2.75) is 26.2 Å². The fraction of sp³-hybridized carbons (Fsp3) is 0.250. The lowest BCUT2D eigenvalue weighted by Crippen LogP contribution is -2.29. The first-order valence-electron chi connectivity index (χ1n) is 8.35. The highest BCUT2D eigenvalue weighted by Gasteiger charge is 2.23. The van der Waals surface area contributed by atoms with E-state index in [1.54, 1.807) is 30.3 Å². The van der Waals surface area contributed by atoms with Gasteiger partial charge in [-0.25, -0.2) is 4.98 Å². The number of phenols is 1. The first-order valence-corrected chi connectivity index (χ1v) is 9.15. The Morgan fingerprint density at radius 1 is 1.26 bits per heavy atom. The van der Waals surface area contributed by atoms with Gasteiger partial charge in [0.1, 0.15) is 5.82 Å². The van der Waals surface area contributed by atoms with E-state index in [0.717, 1.165) is 4.47 Å². The van der Waals surface area contributed by atoms with Crippen LogP contribution >= 0.6 is 15.9 Å². The van der Waals surface area contributed by atoms with E-state index in [2.05, 4.69) is 26.0 Å². The summed E-state index contributed by atoms with van der Waals surface area (Å²) in [4.78, 5) is 17.7. The predicted octanol–water partition coefficient (Wildman–Crippen LogP) is 4.05. The van der Waals surface area contributed by atoms with E-state index in [1.807, 2.05) is 26.8 Å². The summed E-state index contributed by atoms with van der Waals surface area (Å²) in [5, 5.41) is 15.1. The second kappa shape index (κ2) is 7.15. The number of ether oxygens (including phenoxy) is 1. The third-order valence-electron chi connectivity index (χ3n) is 4.04. The maximum absolute atomic E-state index is 13.1. The van der Waals surface area contributed by atoms with E-state index in [-0.39, 0.29) is 11.3 Å². The van der Waals surface area contributed by atoms with Crippen LogP contribution in [0.3, 0.4) is 0 Å². The zero-order chi connectivity index (χ0) is 19.8. The van der Waals surface area contributed by atoms with Gasteiger partial charge in [-0.1, -0.05) is 42.8 Å². The topological polar surface area (TPSA) is 76.7 Å². The number of fused-ring (bicyclic) bond motifs is 1. The van der Waals surface area contributed by atoms with Gasteiger partial charge in [0.05, 0.1) is 24.2 Å². The van der Waals surface area contributed by atoms with Crippen LogP contribution in [-0.2, 0) is 5.41 Å². The summed E-state index contributed by atoms with van der Waals surface area (Å²) < 4.78 is 7.19. The molecule has 0 atom stereocenters. The molecule has 0 saturated heterocycles. The molecule has 0 aliphatic carbocycles. The Bertz CT molecular complexity index is 1100. The Hall–Kier alpha value is -2.67. The molecule has 0 unspecified atom stereocenters. The predicted molar refractivity (Wildman–Crippen MR) is 110 cm³/mol. The van der Waals surface area contributed by atoms with Crippen LogP contribution in [0.2, 0.25) is 0 Å². The van der Waals surface area contributed by atoms with E-state index >= 15 is 0 Å². The van der Waals surface area contributed by atoms with Gasteiger partial charge >= 0.3 is 0 Å². The molecule has 1 N–H and O–H groups in total. The van der Waals surface area contributed by atoms with Gasteiger partial charge in [-0.2, -0.15) is 9.78 Å². The zero-order valence-electron chi connectivity index (χ0n) is 15.5. The van der Waals surface area contributed by atoms with Crippen LogP contribution in [0.25, 0.3) is 10.9 Å². The van der Waals surface area contributed by atoms with E-state index in [0.29, 0.717) is 28.0 Å². The molecule has 3 aromatic rings. The Balaban J connectivity index is 2.24. The number of hydrogen-bond acceptors (Lipinski definition) is 5. The quantitative estimate of drug-likeness (QED) is 0.636. The molecule has 140 valence electrons. The zero-order valence-corrected chi connectivity index (χ0v) is 17.1. The molecule has 1 aromatic heterocycles. The number of methoxy groups -OCH3 is 1. The lowest BCUT2D eigenvalue weighted by Gasteiger charge is -2.20. The molecular weight excluding hydrogens is 410 g/mol. The molecule has 0 radical (unpaired) electrons. The van der Waals surface area contributed by atoms with Crippen LogP contribution in [0.15, 0.2) is 50.8 Å². The third-order valence-corrected chi connectivity index (χ3v) is 4.53. The second-order valence-electron chi connectivity index (χ2n) is 7.11. The molecule has 0 aliphatic heterocycles. The summed E-state index contributed by atoms with van der Waals surface area (Å²) in [5.74, 6) is 0.828. The van der Waals surface area contributed by atoms with Gasteiger partial charge in [-0.15, -0.1) is 0 Å². The second-order valence-corrected chi connectivity index (χ2v) is 8.02. The van der Waals surface area contributed by atoms with Crippen molar-refractivity contribution in [1.82, 2.24) is 9.66 Å². The molecule has 3 rings (SSSR count). The van der Waals surface area contributed by atoms with Crippen molar-refractivity contribution in [2.24, 2.45) is 5.10 Å². The average molecular weight is 430 g/mol. The van der Waals surface area contributed by atoms with Crippen LogP contribution in [0.1, 0.15) is 32.2 Å². The molecular formula is C20H20BrN3O3. The summed E-state index contributed by atoms with van der Waals surface area (Å²) in [6.07, 6.45) is 1.43. The van der Waals surface area contributed by atoms with Crippen LogP contribution in [-0.4, -0.2) is 28.1 Å². The smallest absolute Gasteiger partial charge is 0.282 e. The van der Waals surface area contributed by atoms with Gasteiger partial charge in [0.2, 0.25) is 0 Å². The number of halogens is 1. The molecule has 0 bridgehead atoms. The van der Waals surface area contributed by atoms with Gasteiger partial charge in [-0.05, 0) is 30.3 Å². The lowest BCUT2D eigenvalue weighted by molar-refractivity contribution is 0.373. The number of hydrogen-bond donors (Lipinski definition) is 1. The molecule has 0 amide bonds. The lowest BCUT2D eigenvalue weighted by atomic mass is 9.95. The minimum Gasteiger partial charge on any atom is -0.504 e. The number of aromatic hydroxyl groups is 1. The molecule has 0 saturated carbocycles. The summed E-state index contributed by atoms with van der Waals surface area (Å²) in [6.45, 7) is 5.90. The molecule has 0 aliphatic rings. The minimum absolute atomic E-state index is 0.0365. The fourth-order valence-electron chi connectivity index (χ4n) is 2.67. The molecule has 0 spiro atoms. The maximum atomic E-state index is 13.1. The minimum atomic E-state index is -0.409. The number of rotatable bonds is 3. The van der Waals surface area contributed by atoms with Gasteiger partial charge in [0, 0.05) is 15.5 Å². The fourth-order valence-corrected chi connectivity index (χ4v) is 3.03. The van der Waals surface area contributed by atoms with Crippen molar-refractivity contribution in [3.05, 3.63) is 62.6 Å². The SMILES string of the molecule is COc1cccc(C=Nn2c(C(C)(C)C)nc3ccc(Br)cc3c2=O)c1O. The largest absolute Gasteiger partial charge is 0.504 e. The highest BCUT2D eigenvalue weighted by molar-refractivity contribution is 9.10. The summed E-state index contributed by atoms with van der Waals surface area (Å²) in [7, 11) is 1.48. The van der Waals surface area contributed by atoms with Crippen molar-refractivity contribution in [3.8, 4) is 11.5 Å². The third kappa shape index (κ3) is 3.73. The molecule has 1 heterocycles. The van der Waals surface area contributed by atoms with Gasteiger partial charge in [0.15, 0.2) is 11.5 Å². The van der Waals surface area contributed by atoms with Crippen molar-refractivity contribution in [3.63, 3.8) is 0 Å². The standard InChI is InChI=1S/C20H20BrN3O3/c1-20(2,3)19-23-15-9-8-13(21)10-14(15)18(26)24(19)22-11-12-6-5-7-16(27-4)17(12)25/h5-11,25H,1-4H3. The van der Waals surface area contributed by atoms with Crippen LogP contribution < -0.4 is 10.3 Å². The van der Waals surface area contributed by atoms with E-state index in [1.165, 1.54) is 18.0 Å². The molecule has 2 aromatic carbocycles. The van der Waals surface area contributed by atoms with Crippen molar-refractivity contribution in [2.75, 3.05) is 7.11 Å². The number of benzene rings is 2. The van der Waals surface area contributed by atoms with E-state index in [4.69, 9.17) is 4.74 Å².